The van der Waals surface area contributed by atoms with Crippen molar-refractivity contribution in [2.24, 2.45) is 10.8 Å². The third-order valence-corrected chi connectivity index (χ3v) is 3.99. The normalized spacial score (nSPS) is 25.9. The molecule has 0 amide bonds. The Hall–Kier alpha value is -0.810. The standard InChI is InChI=1S/C14H28N4O/c1-2-10-19-13-8-5-9-18(11-13)14(17-15)16-12-6-3-4-7-12/h12-13H,2-11,15H2,1H3,(H,16,17). The van der Waals surface area contributed by atoms with E-state index in [1.807, 2.05) is 0 Å². The average Bonchev–Trinajstić information content (AvgIpc) is 2.96. The van der Waals surface area contributed by atoms with E-state index in [1.54, 1.807) is 0 Å². The zero-order valence-electron chi connectivity index (χ0n) is 12.1. The number of guanidine groups is 1. The molecule has 0 aromatic carbocycles. The minimum atomic E-state index is 0.329. The summed E-state index contributed by atoms with van der Waals surface area (Å²) in [6.45, 7) is 4.94. The van der Waals surface area contributed by atoms with E-state index in [2.05, 4.69) is 17.2 Å². The maximum Gasteiger partial charge on any atom is 0.208 e. The van der Waals surface area contributed by atoms with Gasteiger partial charge in [0.2, 0.25) is 5.96 Å². The highest BCUT2D eigenvalue weighted by Gasteiger charge is 2.24. The van der Waals surface area contributed by atoms with E-state index in [1.165, 1.54) is 25.7 Å². The second-order valence-corrected chi connectivity index (χ2v) is 5.62. The fraction of sp³-hybridized carbons (Fsp3) is 0.929. The Morgan fingerprint density at radius 1 is 1.32 bits per heavy atom. The van der Waals surface area contributed by atoms with Crippen LogP contribution in [0.3, 0.4) is 0 Å². The molecule has 0 spiro atoms. The zero-order valence-corrected chi connectivity index (χ0v) is 12.1. The summed E-state index contributed by atoms with van der Waals surface area (Å²) >= 11 is 0. The molecule has 3 N–H and O–H groups in total. The predicted molar refractivity (Wildman–Crippen MR) is 77.9 cm³/mol. The van der Waals surface area contributed by atoms with Crippen molar-refractivity contribution in [3.05, 3.63) is 0 Å². The lowest BCUT2D eigenvalue weighted by atomic mass is 10.1. The molecule has 2 rings (SSSR count). The number of nitrogens with one attached hydrogen (secondary N) is 1. The topological polar surface area (TPSA) is 62.9 Å². The Morgan fingerprint density at radius 2 is 2.11 bits per heavy atom. The summed E-state index contributed by atoms with van der Waals surface area (Å²) in [7, 11) is 0. The fourth-order valence-corrected chi connectivity index (χ4v) is 2.97. The van der Waals surface area contributed by atoms with Gasteiger partial charge in [-0.05, 0) is 32.1 Å². The summed E-state index contributed by atoms with van der Waals surface area (Å²) in [5.74, 6) is 6.52. The molecule has 1 aliphatic carbocycles. The number of hydrogen-bond donors (Lipinski definition) is 2. The van der Waals surface area contributed by atoms with Crippen molar-refractivity contribution in [3.8, 4) is 0 Å². The Balaban J connectivity index is 1.89. The monoisotopic (exact) mass is 268 g/mol. The van der Waals surface area contributed by atoms with Gasteiger partial charge in [-0.2, -0.15) is 0 Å². The number of ether oxygens (including phenoxy) is 1. The first-order valence-corrected chi connectivity index (χ1v) is 7.74. The molecule has 1 saturated carbocycles. The van der Waals surface area contributed by atoms with Crippen LogP contribution in [0.15, 0.2) is 4.99 Å². The van der Waals surface area contributed by atoms with Crippen LogP contribution in [0.5, 0.6) is 0 Å². The van der Waals surface area contributed by atoms with Crippen LogP contribution in [0.25, 0.3) is 0 Å². The predicted octanol–water partition coefficient (Wildman–Crippen LogP) is 1.64. The molecule has 110 valence electrons. The summed E-state index contributed by atoms with van der Waals surface area (Å²) in [6.07, 6.45) is 8.72. The maximum atomic E-state index is 5.86. The van der Waals surface area contributed by atoms with Gasteiger partial charge in [-0.15, -0.1) is 0 Å². The molecule has 0 radical (unpaired) electrons. The largest absolute Gasteiger partial charge is 0.376 e. The molecule has 2 aliphatic rings. The second kappa shape index (κ2) is 7.70. The lowest BCUT2D eigenvalue weighted by Gasteiger charge is -2.34. The van der Waals surface area contributed by atoms with Crippen LogP contribution in [0.4, 0.5) is 0 Å². The highest BCUT2D eigenvalue weighted by atomic mass is 16.5. The number of aliphatic imine (C=N–C) groups is 1. The fourth-order valence-electron chi connectivity index (χ4n) is 2.97. The smallest absolute Gasteiger partial charge is 0.208 e. The molecule has 5 heteroatoms. The lowest BCUT2D eigenvalue weighted by molar-refractivity contribution is 0.0157. The first-order valence-electron chi connectivity index (χ1n) is 7.74. The van der Waals surface area contributed by atoms with Crippen molar-refractivity contribution in [2.45, 2.75) is 64.0 Å². The van der Waals surface area contributed by atoms with E-state index in [-0.39, 0.29) is 0 Å². The number of hydrazine groups is 1. The minimum Gasteiger partial charge on any atom is -0.376 e. The van der Waals surface area contributed by atoms with Crippen molar-refractivity contribution < 1.29 is 4.74 Å². The van der Waals surface area contributed by atoms with Crippen LogP contribution in [-0.4, -0.2) is 42.7 Å². The molecule has 19 heavy (non-hydrogen) atoms. The molecule has 1 heterocycles. The van der Waals surface area contributed by atoms with E-state index in [0.29, 0.717) is 12.1 Å². The number of likely N-dealkylation sites (tertiary alicyclic amines) is 1. The van der Waals surface area contributed by atoms with E-state index < -0.39 is 0 Å². The van der Waals surface area contributed by atoms with E-state index in [0.717, 1.165) is 44.9 Å². The van der Waals surface area contributed by atoms with Gasteiger partial charge in [0.25, 0.3) is 0 Å². The molecule has 5 nitrogen and oxygen atoms in total. The first kappa shape index (κ1) is 14.6. The molecule has 1 aliphatic heterocycles. The molecular weight excluding hydrogens is 240 g/mol. The van der Waals surface area contributed by atoms with Gasteiger partial charge in [0.15, 0.2) is 0 Å². The summed E-state index contributed by atoms with van der Waals surface area (Å²) < 4.78 is 5.86. The number of nitrogens with zero attached hydrogens (tertiary/aromatic N) is 2. The summed E-state index contributed by atoms with van der Waals surface area (Å²) in [6, 6.07) is 0.461. The van der Waals surface area contributed by atoms with Crippen LogP contribution < -0.4 is 11.3 Å². The molecular formula is C14H28N4O. The first-order chi connectivity index (χ1) is 9.33. The van der Waals surface area contributed by atoms with Crippen LogP contribution in [0.2, 0.25) is 0 Å². The van der Waals surface area contributed by atoms with Gasteiger partial charge in [-0.25, -0.2) is 10.8 Å². The zero-order chi connectivity index (χ0) is 13.5. The van der Waals surface area contributed by atoms with Crippen LogP contribution in [-0.2, 0) is 4.74 Å². The Kier molecular flexibility index (Phi) is 5.92. The highest BCUT2D eigenvalue weighted by Crippen LogP contribution is 2.22. The van der Waals surface area contributed by atoms with E-state index in [9.17, 15) is 0 Å². The maximum absolute atomic E-state index is 5.86. The summed E-state index contributed by atoms with van der Waals surface area (Å²) in [4.78, 5) is 7.04. The van der Waals surface area contributed by atoms with Gasteiger partial charge >= 0.3 is 0 Å². The number of rotatable bonds is 4. The van der Waals surface area contributed by atoms with Crippen molar-refractivity contribution in [1.82, 2.24) is 10.3 Å². The average molecular weight is 268 g/mol. The molecule has 0 aromatic heterocycles. The van der Waals surface area contributed by atoms with Crippen molar-refractivity contribution in [1.29, 1.82) is 0 Å². The second-order valence-electron chi connectivity index (χ2n) is 5.62. The van der Waals surface area contributed by atoms with E-state index >= 15 is 0 Å². The summed E-state index contributed by atoms with van der Waals surface area (Å²) in [5, 5.41) is 0. The highest BCUT2D eigenvalue weighted by molar-refractivity contribution is 5.79. The van der Waals surface area contributed by atoms with Crippen LogP contribution in [0, 0.1) is 0 Å². The third-order valence-electron chi connectivity index (χ3n) is 3.99. The van der Waals surface area contributed by atoms with Gasteiger partial charge in [-0.3, -0.25) is 5.43 Å². The van der Waals surface area contributed by atoms with Crippen molar-refractivity contribution >= 4 is 5.96 Å². The molecule has 1 saturated heterocycles. The SMILES string of the molecule is CCCOC1CCCN(C(=NC2CCCC2)NN)C1. The van der Waals surface area contributed by atoms with Crippen molar-refractivity contribution in [3.63, 3.8) is 0 Å². The van der Waals surface area contributed by atoms with Crippen LogP contribution in [0.1, 0.15) is 51.9 Å². The van der Waals surface area contributed by atoms with Gasteiger partial charge in [0.05, 0.1) is 12.1 Å². The van der Waals surface area contributed by atoms with E-state index in [4.69, 9.17) is 15.6 Å². The Morgan fingerprint density at radius 3 is 2.79 bits per heavy atom. The number of hydrogen-bond acceptors (Lipinski definition) is 3. The van der Waals surface area contributed by atoms with Gasteiger partial charge in [0.1, 0.15) is 0 Å². The third kappa shape index (κ3) is 4.35. The molecule has 1 unspecified atom stereocenters. The van der Waals surface area contributed by atoms with Crippen LogP contribution >= 0.6 is 0 Å². The number of piperidine rings is 1. The lowest BCUT2D eigenvalue weighted by Crippen LogP contribution is -2.51. The van der Waals surface area contributed by atoms with Gasteiger partial charge < -0.3 is 9.64 Å². The molecule has 0 bridgehead atoms. The van der Waals surface area contributed by atoms with Gasteiger partial charge in [0, 0.05) is 19.7 Å². The van der Waals surface area contributed by atoms with Crippen molar-refractivity contribution in [2.75, 3.05) is 19.7 Å². The quantitative estimate of drug-likeness (QED) is 0.352. The number of nitrogens with two attached hydrogens (primary N) is 1. The molecule has 2 fully saturated rings. The minimum absolute atomic E-state index is 0.329. The molecule has 1 atom stereocenters. The molecule has 0 aromatic rings. The Labute approximate surface area is 116 Å². The summed E-state index contributed by atoms with van der Waals surface area (Å²) in [5.41, 5.74) is 2.80. The Bertz CT molecular complexity index is 289. The van der Waals surface area contributed by atoms with Gasteiger partial charge in [-0.1, -0.05) is 19.8 Å².